The molecule has 1 N–H and O–H groups in total. The number of aromatic amines is 1. The standard InChI is InChI=1S/C18H24N6/c1-13(2)24-9-7-19-17(24)12-23-8-3-4-15(11-23)16-6-5-14-10-20-22-18(14)21-16/h5-7,9-10,13,15H,3-4,8,11-12H2,1-2H3,(H,20,21,22). The third kappa shape index (κ3) is 2.94. The number of hydrogen-bond donors (Lipinski definition) is 1. The second-order valence-electron chi connectivity index (χ2n) is 6.96. The Balaban J connectivity index is 1.50. The molecule has 0 spiro atoms. The van der Waals surface area contributed by atoms with Crippen LogP contribution in [0.3, 0.4) is 0 Å². The van der Waals surface area contributed by atoms with Crippen LogP contribution in [0.25, 0.3) is 11.0 Å². The lowest BCUT2D eigenvalue weighted by Crippen LogP contribution is -2.35. The number of piperidine rings is 1. The fourth-order valence-electron chi connectivity index (χ4n) is 3.65. The van der Waals surface area contributed by atoms with Gasteiger partial charge < -0.3 is 4.57 Å². The predicted molar refractivity (Wildman–Crippen MR) is 93.8 cm³/mol. The Hall–Kier alpha value is -2.21. The van der Waals surface area contributed by atoms with E-state index < -0.39 is 0 Å². The zero-order valence-corrected chi connectivity index (χ0v) is 14.3. The van der Waals surface area contributed by atoms with Gasteiger partial charge in [-0.25, -0.2) is 9.97 Å². The third-order valence-corrected chi connectivity index (χ3v) is 4.92. The summed E-state index contributed by atoms with van der Waals surface area (Å²) in [7, 11) is 0. The van der Waals surface area contributed by atoms with E-state index in [2.05, 4.69) is 56.8 Å². The van der Waals surface area contributed by atoms with Crippen molar-refractivity contribution in [1.29, 1.82) is 0 Å². The topological polar surface area (TPSA) is 62.6 Å². The van der Waals surface area contributed by atoms with Gasteiger partial charge in [0, 0.05) is 42.0 Å². The lowest BCUT2D eigenvalue weighted by Gasteiger charge is -2.32. The molecule has 24 heavy (non-hydrogen) atoms. The number of pyridine rings is 1. The molecule has 6 heteroatoms. The number of rotatable bonds is 4. The fraction of sp³-hybridized carbons (Fsp3) is 0.500. The monoisotopic (exact) mass is 324 g/mol. The molecular weight excluding hydrogens is 300 g/mol. The maximum absolute atomic E-state index is 4.77. The smallest absolute Gasteiger partial charge is 0.155 e. The van der Waals surface area contributed by atoms with E-state index >= 15 is 0 Å². The van der Waals surface area contributed by atoms with Crippen LogP contribution in [0.5, 0.6) is 0 Å². The minimum atomic E-state index is 0.451. The van der Waals surface area contributed by atoms with Crippen LogP contribution < -0.4 is 0 Å². The number of nitrogens with one attached hydrogen (secondary N) is 1. The first-order chi connectivity index (χ1) is 11.7. The van der Waals surface area contributed by atoms with Crippen LogP contribution in [0.2, 0.25) is 0 Å². The van der Waals surface area contributed by atoms with Gasteiger partial charge in [0.1, 0.15) is 5.82 Å². The van der Waals surface area contributed by atoms with E-state index in [1.165, 1.54) is 18.5 Å². The largest absolute Gasteiger partial charge is 0.331 e. The minimum Gasteiger partial charge on any atom is -0.331 e. The van der Waals surface area contributed by atoms with Crippen molar-refractivity contribution in [3.8, 4) is 0 Å². The van der Waals surface area contributed by atoms with Crippen molar-refractivity contribution in [2.45, 2.75) is 45.2 Å². The van der Waals surface area contributed by atoms with E-state index in [1.54, 1.807) is 0 Å². The molecule has 0 bridgehead atoms. The summed E-state index contributed by atoms with van der Waals surface area (Å²) in [6, 6.07) is 4.72. The van der Waals surface area contributed by atoms with Crippen LogP contribution in [0.4, 0.5) is 0 Å². The highest BCUT2D eigenvalue weighted by Gasteiger charge is 2.24. The Morgan fingerprint density at radius 2 is 2.25 bits per heavy atom. The Kier molecular flexibility index (Phi) is 4.06. The first kappa shape index (κ1) is 15.3. The van der Waals surface area contributed by atoms with Crippen molar-refractivity contribution in [2.24, 2.45) is 0 Å². The van der Waals surface area contributed by atoms with E-state index in [9.17, 15) is 0 Å². The summed E-state index contributed by atoms with van der Waals surface area (Å²) in [6.07, 6.45) is 8.21. The average molecular weight is 324 g/mol. The van der Waals surface area contributed by atoms with Crippen molar-refractivity contribution in [3.05, 3.63) is 42.2 Å². The third-order valence-electron chi connectivity index (χ3n) is 4.92. The van der Waals surface area contributed by atoms with Crippen molar-refractivity contribution in [3.63, 3.8) is 0 Å². The van der Waals surface area contributed by atoms with Gasteiger partial charge >= 0.3 is 0 Å². The molecule has 6 nitrogen and oxygen atoms in total. The number of imidazole rings is 1. The maximum Gasteiger partial charge on any atom is 0.155 e. The van der Waals surface area contributed by atoms with Crippen molar-refractivity contribution < 1.29 is 0 Å². The van der Waals surface area contributed by atoms with Crippen LogP contribution in [0.15, 0.2) is 30.7 Å². The molecule has 0 aromatic carbocycles. The van der Waals surface area contributed by atoms with Crippen LogP contribution in [0.1, 0.15) is 50.2 Å². The number of fused-ring (bicyclic) bond motifs is 1. The molecule has 1 atom stereocenters. The molecule has 3 aromatic rings. The van der Waals surface area contributed by atoms with Crippen molar-refractivity contribution in [1.82, 2.24) is 29.6 Å². The average Bonchev–Trinajstić information content (AvgIpc) is 3.23. The molecule has 4 rings (SSSR count). The molecule has 1 saturated heterocycles. The van der Waals surface area contributed by atoms with Gasteiger partial charge in [-0.3, -0.25) is 10.00 Å². The van der Waals surface area contributed by atoms with Gasteiger partial charge in [0.05, 0.1) is 12.7 Å². The van der Waals surface area contributed by atoms with Gasteiger partial charge in [0.2, 0.25) is 0 Å². The Labute approximate surface area is 141 Å². The van der Waals surface area contributed by atoms with E-state index in [-0.39, 0.29) is 0 Å². The van der Waals surface area contributed by atoms with Gasteiger partial charge in [-0.1, -0.05) is 0 Å². The van der Waals surface area contributed by atoms with Gasteiger partial charge in [0.15, 0.2) is 5.65 Å². The zero-order valence-electron chi connectivity index (χ0n) is 14.3. The van der Waals surface area contributed by atoms with Gasteiger partial charge in [-0.15, -0.1) is 0 Å². The minimum absolute atomic E-state index is 0.451. The zero-order chi connectivity index (χ0) is 16.5. The fourth-order valence-corrected chi connectivity index (χ4v) is 3.65. The highest BCUT2D eigenvalue weighted by Crippen LogP contribution is 2.27. The summed E-state index contributed by atoms with van der Waals surface area (Å²) in [5, 5.41) is 8.12. The van der Waals surface area contributed by atoms with Gasteiger partial charge in [-0.05, 0) is 45.4 Å². The summed E-state index contributed by atoms with van der Waals surface area (Å²) in [6.45, 7) is 7.49. The Morgan fingerprint density at radius 3 is 3.12 bits per heavy atom. The lowest BCUT2D eigenvalue weighted by molar-refractivity contribution is 0.191. The quantitative estimate of drug-likeness (QED) is 0.801. The maximum atomic E-state index is 4.77. The number of hydrogen-bond acceptors (Lipinski definition) is 4. The van der Waals surface area contributed by atoms with Crippen molar-refractivity contribution in [2.75, 3.05) is 13.1 Å². The number of H-pyrrole nitrogens is 1. The predicted octanol–water partition coefficient (Wildman–Crippen LogP) is 3.11. The summed E-state index contributed by atoms with van der Waals surface area (Å²) in [5.41, 5.74) is 2.06. The number of likely N-dealkylation sites (tertiary alicyclic amines) is 1. The van der Waals surface area contributed by atoms with E-state index in [0.29, 0.717) is 12.0 Å². The van der Waals surface area contributed by atoms with Gasteiger partial charge in [0.25, 0.3) is 0 Å². The van der Waals surface area contributed by atoms with Gasteiger partial charge in [-0.2, -0.15) is 5.10 Å². The molecule has 4 heterocycles. The lowest BCUT2D eigenvalue weighted by atomic mass is 9.94. The van der Waals surface area contributed by atoms with E-state index in [1.807, 2.05) is 12.4 Å². The van der Waals surface area contributed by atoms with E-state index in [0.717, 1.165) is 36.5 Å². The second kappa shape index (κ2) is 6.36. The normalized spacial score (nSPS) is 19.4. The van der Waals surface area contributed by atoms with Crippen LogP contribution in [-0.2, 0) is 6.54 Å². The molecular formula is C18H24N6. The Bertz CT molecular complexity index is 818. The highest BCUT2D eigenvalue weighted by atomic mass is 15.2. The molecule has 1 unspecified atom stereocenters. The van der Waals surface area contributed by atoms with Crippen LogP contribution in [0, 0.1) is 0 Å². The number of aromatic nitrogens is 5. The molecule has 1 fully saturated rings. The molecule has 1 aliphatic heterocycles. The summed E-state index contributed by atoms with van der Waals surface area (Å²) >= 11 is 0. The first-order valence-corrected chi connectivity index (χ1v) is 8.75. The van der Waals surface area contributed by atoms with Crippen molar-refractivity contribution >= 4 is 11.0 Å². The molecule has 0 aliphatic carbocycles. The number of nitrogens with zero attached hydrogens (tertiary/aromatic N) is 5. The molecule has 0 saturated carbocycles. The van der Waals surface area contributed by atoms with E-state index in [4.69, 9.17) is 4.98 Å². The molecule has 126 valence electrons. The SMILES string of the molecule is CC(C)n1ccnc1CN1CCCC(c2ccc3cn[nH]c3n2)C1. The highest BCUT2D eigenvalue weighted by molar-refractivity contribution is 5.73. The van der Waals surface area contributed by atoms with Crippen LogP contribution in [-0.4, -0.2) is 42.7 Å². The second-order valence-corrected chi connectivity index (χ2v) is 6.96. The molecule has 1 aliphatic rings. The first-order valence-electron chi connectivity index (χ1n) is 8.75. The summed E-state index contributed by atoms with van der Waals surface area (Å²) in [4.78, 5) is 11.8. The summed E-state index contributed by atoms with van der Waals surface area (Å²) < 4.78 is 2.26. The molecule has 3 aromatic heterocycles. The molecule has 0 radical (unpaired) electrons. The molecule has 0 amide bonds. The summed E-state index contributed by atoms with van der Waals surface area (Å²) in [5.74, 6) is 1.64. The Morgan fingerprint density at radius 1 is 1.33 bits per heavy atom. The van der Waals surface area contributed by atoms with Crippen LogP contribution >= 0.6 is 0 Å².